The SMILES string of the molecule is CCCCS(=O)(=O)N[C@@H](Cc1ccc(OCCCCC2CCNC(CCC)C2)c(C(N)=O)c1)C(=O)O. The Morgan fingerprint density at radius 3 is 2.64 bits per heavy atom. The molecule has 1 fully saturated rings. The van der Waals surface area contributed by atoms with Crippen LogP contribution < -0.4 is 20.5 Å². The predicted octanol–water partition coefficient (Wildman–Crippen LogP) is 3.22. The minimum atomic E-state index is -3.73. The average molecular weight is 526 g/mol. The quantitative estimate of drug-likeness (QED) is 0.228. The van der Waals surface area contributed by atoms with E-state index in [9.17, 15) is 23.1 Å². The Morgan fingerprint density at radius 2 is 1.97 bits per heavy atom. The first kappa shape index (κ1) is 30.1. The molecular weight excluding hydrogens is 482 g/mol. The van der Waals surface area contributed by atoms with Crippen LogP contribution in [0.5, 0.6) is 5.75 Å². The first-order valence-corrected chi connectivity index (χ1v) is 14.8. The van der Waals surface area contributed by atoms with Crippen molar-refractivity contribution in [3.8, 4) is 5.75 Å². The van der Waals surface area contributed by atoms with Crippen LogP contribution in [0.3, 0.4) is 0 Å². The smallest absolute Gasteiger partial charge is 0.322 e. The lowest BCUT2D eigenvalue weighted by Crippen LogP contribution is -2.43. The average Bonchev–Trinajstić information content (AvgIpc) is 2.83. The fourth-order valence-corrected chi connectivity index (χ4v) is 6.09. The predicted molar refractivity (Wildman–Crippen MR) is 141 cm³/mol. The van der Waals surface area contributed by atoms with Crippen LogP contribution in [0.15, 0.2) is 18.2 Å². The van der Waals surface area contributed by atoms with Gasteiger partial charge < -0.3 is 20.9 Å². The monoisotopic (exact) mass is 525 g/mol. The lowest BCUT2D eigenvalue weighted by molar-refractivity contribution is -0.138. The largest absolute Gasteiger partial charge is 0.493 e. The Hall–Kier alpha value is -2.17. The number of nitrogens with two attached hydrogens (primary N) is 1. The lowest BCUT2D eigenvalue weighted by atomic mass is 9.87. The first-order valence-electron chi connectivity index (χ1n) is 13.2. The van der Waals surface area contributed by atoms with Gasteiger partial charge >= 0.3 is 5.97 Å². The lowest BCUT2D eigenvalue weighted by Gasteiger charge is -2.30. The van der Waals surface area contributed by atoms with Gasteiger partial charge in [0.05, 0.1) is 17.9 Å². The van der Waals surface area contributed by atoms with Gasteiger partial charge in [-0.3, -0.25) is 9.59 Å². The molecule has 3 atom stereocenters. The van der Waals surface area contributed by atoms with Crippen LogP contribution in [0.4, 0.5) is 0 Å². The van der Waals surface area contributed by atoms with Gasteiger partial charge in [-0.1, -0.05) is 39.2 Å². The number of amides is 1. The van der Waals surface area contributed by atoms with Gasteiger partial charge in [0.1, 0.15) is 11.8 Å². The fraction of sp³-hybridized carbons (Fsp3) is 0.692. The number of carboxylic acids is 1. The number of hydrogen-bond acceptors (Lipinski definition) is 6. The molecule has 1 amide bonds. The van der Waals surface area contributed by atoms with Crippen molar-refractivity contribution in [2.24, 2.45) is 11.7 Å². The summed E-state index contributed by atoms with van der Waals surface area (Å²) in [6.45, 7) is 5.62. The van der Waals surface area contributed by atoms with Gasteiger partial charge in [0, 0.05) is 6.04 Å². The number of benzene rings is 1. The van der Waals surface area contributed by atoms with Gasteiger partial charge in [-0.05, 0) is 75.1 Å². The molecule has 1 aromatic carbocycles. The van der Waals surface area contributed by atoms with Gasteiger partial charge in [-0.25, -0.2) is 13.1 Å². The molecule has 1 aliphatic rings. The molecule has 9 nitrogen and oxygen atoms in total. The van der Waals surface area contributed by atoms with Crippen LogP contribution >= 0.6 is 0 Å². The van der Waals surface area contributed by atoms with E-state index in [2.05, 4.69) is 17.0 Å². The summed E-state index contributed by atoms with van der Waals surface area (Å²) in [5.41, 5.74) is 6.18. The summed E-state index contributed by atoms with van der Waals surface area (Å²) in [6, 6.07) is 4.01. The third kappa shape index (κ3) is 10.4. The van der Waals surface area contributed by atoms with Crippen molar-refractivity contribution in [1.82, 2.24) is 10.0 Å². The highest BCUT2D eigenvalue weighted by atomic mass is 32.2. The molecule has 36 heavy (non-hydrogen) atoms. The normalized spacial score (nSPS) is 19.1. The molecule has 5 N–H and O–H groups in total. The van der Waals surface area contributed by atoms with Crippen LogP contribution in [0.1, 0.15) is 87.6 Å². The molecule has 1 aromatic rings. The zero-order chi connectivity index (χ0) is 26.6. The van der Waals surface area contributed by atoms with Crippen molar-refractivity contribution >= 4 is 21.9 Å². The van der Waals surface area contributed by atoms with Crippen molar-refractivity contribution in [2.45, 2.75) is 90.1 Å². The Bertz CT molecular complexity index is 951. The highest BCUT2D eigenvalue weighted by Gasteiger charge is 2.25. The number of sulfonamides is 1. The molecule has 0 saturated carbocycles. The third-order valence-electron chi connectivity index (χ3n) is 6.64. The van der Waals surface area contributed by atoms with Gasteiger partial charge in [0.15, 0.2) is 0 Å². The van der Waals surface area contributed by atoms with E-state index in [0.29, 0.717) is 36.8 Å². The zero-order valence-electron chi connectivity index (χ0n) is 21.6. The molecule has 2 rings (SSSR count). The van der Waals surface area contributed by atoms with Crippen LogP contribution in [0, 0.1) is 5.92 Å². The molecule has 0 aromatic heterocycles. The molecule has 0 spiro atoms. The first-order chi connectivity index (χ1) is 17.1. The number of unbranched alkanes of at least 4 members (excludes halogenated alkanes) is 2. The van der Waals surface area contributed by atoms with Gasteiger partial charge in [0.25, 0.3) is 5.91 Å². The Labute approximate surface area is 215 Å². The summed E-state index contributed by atoms with van der Waals surface area (Å²) in [5.74, 6) is -1.01. The van der Waals surface area contributed by atoms with Crippen molar-refractivity contribution < 1.29 is 27.9 Å². The summed E-state index contributed by atoms with van der Waals surface area (Å²) in [4.78, 5) is 23.7. The standard InChI is InChI=1S/C26H43N3O6S/c1-3-5-15-36(33,34)29-23(26(31)32)18-20-10-11-24(22(17-20)25(27)30)35-14-7-6-9-19-12-13-28-21(16-19)8-4-2/h10-11,17,19,21,23,28-29H,3-9,12-16,18H2,1-2H3,(H2,27,30)(H,31,32)/t19?,21?,23-/m0/s1. The second kappa shape index (κ2) is 15.2. The highest BCUT2D eigenvalue weighted by molar-refractivity contribution is 7.89. The fourth-order valence-electron chi connectivity index (χ4n) is 4.69. The van der Waals surface area contributed by atoms with Gasteiger partial charge in [-0.15, -0.1) is 0 Å². The number of carboxylic acid groups (broad SMARTS) is 1. The maximum absolute atomic E-state index is 12.2. The minimum Gasteiger partial charge on any atom is -0.493 e. The van der Waals surface area contributed by atoms with Crippen LogP contribution in [0.25, 0.3) is 0 Å². The van der Waals surface area contributed by atoms with Gasteiger partial charge in [-0.2, -0.15) is 0 Å². The highest BCUT2D eigenvalue weighted by Crippen LogP contribution is 2.25. The molecule has 10 heteroatoms. The van der Waals surface area contributed by atoms with Crippen LogP contribution in [-0.4, -0.2) is 56.4 Å². The van der Waals surface area contributed by atoms with Crippen molar-refractivity contribution in [1.29, 1.82) is 0 Å². The Morgan fingerprint density at radius 1 is 1.19 bits per heavy atom. The number of carbonyl (C=O) groups excluding carboxylic acids is 1. The van der Waals surface area contributed by atoms with Crippen LogP contribution in [-0.2, 0) is 21.2 Å². The van der Waals surface area contributed by atoms with Crippen molar-refractivity contribution in [2.75, 3.05) is 18.9 Å². The summed E-state index contributed by atoms with van der Waals surface area (Å²) in [5, 5.41) is 13.1. The van der Waals surface area contributed by atoms with E-state index in [1.165, 1.54) is 31.7 Å². The number of aliphatic carboxylic acids is 1. The number of ether oxygens (including phenoxy) is 1. The van der Waals surface area contributed by atoms with E-state index >= 15 is 0 Å². The Balaban J connectivity index is 1.91. The van der Waals surface area contributed by atoms with Gasteiger partial charge in [0.2, 0.25) is 10.0 Å². The van der Waals surface area contributed by atoms with E-state index < -0.39 is 27.9 Å². The van der Waals surface area contributed by atoms with Crippen molar-refractivity contribution in [3.63, 3.8) is 0 Å². The number of hydrogen-bond donors (Lipinski definition) is 4. The molecule has 0 radical (unpaired) electrons. The van der Waals surface area contributed by atoms with E-state index in [-0.39, 0.29) is 17.7 Å². The molecule has 1 aliphatic heterocycles. The number of piperidine rings is 1. The number of nitrogens with one attached hydrogen (secondary N) is 2. The topological polar surface area (TPSA) is 148 Å². The molecule has 1 heterocycles. The second-order valence-electron chi connectivity index (χ2n) is 9.75. The summed E-state index contributed by atoms with van der Waals surface area (Å²) in [7, 11) is -3.73. The molecule has 1 saturated heterocycles. The second-order valence-corrected chi connectivity index (χ2v) is 11.6. The zero-order valence-corrected chi connectivity index (χ0v) is 22.4. The minimum absolute atomic E-state index is 0.115. The molecule has 0 bridgehead atoms. The van der Waals surface area contributed by atoms with E-state index in [4.69, 9.17) is 10.5 Å². The number of carbonyl (C=O) groups is 2. The molecular formula is C26H43N3O6S. The molecule has 2 unspecified atom stereocenters. The number of rotatable bonds is 17. The van der Waals surface area contributed by atoms with Crippen LogP contribution in [0.2, 0.25) is 0 Å². The Kier molecular flexibility index (Phi) is 12.7. The summed E-state index contributed by atoms with van der Waals surface area (Å²) in [6.07, 6.45) is 8.95. The third-order valence-corrected chi connectivity index (χ3v) is 8.11. The molecule has 204 valence electrons. The summed E-state index contributed by atoms with van der Waals surface area (Å²) >= 11 is 0. The van der Waals surface area contributed by atoms with Crippen molar-refractivity contribution in [3.05, 3.63) is 29.3 Å². The molecule has 0 aliphatic carbocycles. The van der Waals surface area contributed by atoms with E-state index in [1.54, 1.807) is 12.1 Å². The van der Waals surface area contributed by atoms with E-state index in [1.807, 2.05) is 6.92 Å². The number of primary amides is 1. The van der Waals surface area contributed by atoms with E-state index in [0.717, 1.165) is 31.7 Å². The maximum Gasteiger partial charge on any atom is 0.322 e. The summed E-state index contributed by atoms with van der Waals surface area (Å²) < 4.78 is 32.4. The maximum atomic E-state index is 12.2.